The molecule has 4 nitrogen and oxygen atoms in total. The molecule has 0 spiro atoms. The summed E-state index contributed by atoms with van der Waals surface area (Å²) in [6.07, 6.45) is 0.569. The van der Waals surface area contributed by atoms with Crippen LogP contribution in [-0.4, -0.2) is 55.0 Å². The number of piperazine rings is 1. The summed E-state index contributed by atoms with van der Waals surface area (Å²) in [5.74, 6) is 0.103. The molecule has 1 heterocycles. The van der Waals surface area contributed by atoms with E-state index in [9.17, 15) is 4.79 Å². The zero-order valence-corrected chi connectivity index (χ0v) is 13.8. The van der Waals surface area contributed by atoms with Gasteiger partial charge in [-0.1, -0.05) is 24.6 Å². The van der Waals surface area contributed by atoms with Crippen molar-refractivity contribution in [3.63, 3.8) is 0 Å². The second-order valence-electron chi connectivity index (χ2n) is 5.44. The Morgan fingerprint density at radius 1 is 1.10 bits per heavy atom. The summed E-state index contributed by atoms with van der Waals surface area (Å²) in [4.78, 5) is 16.7. The number of halogens is 1. The SMILES string of the molecule is CCN1CCN(CCC(=O)Nc2ccc(C)cc2)CC1.Cl. The summed E-state index contributed by atoms with van der Waals surface area (Å²) in [5, 5.41) is 2.95. The molecule has 2 rings (SSSR count). The lowest BCUT2D eigenvalue weighted by Crippen LogP contribution is -2.46. The highest BCUT2D eigenvalue weighted by molar-refractivity contribution is 5.90. The van der Waals surface area contributed by atoms with Crippen molar-refractivity contribution in [2.24, 2.45) is 0 Å². The number of carbonyl (C=O) groups excluding carboxylic acids is 1. The van der Waals surface area contributed by atoms with Crippen LogP contribution < -0.4 is 5.32 Å². The molecule has 118 valence electrons. The van der Waals surface area contributed by atoms with Gasteiger partial charge in [0, 0.05) is 44.8 Å². The summed E-state index contributed by atoms with van der Waals surface area (Å²) >= 11 is 0. The van der Waals surface area contributed by atoms with E-state index in [1.807, 2.05) is 31.2 Å². The van der Waals surface area contributed by atoms with E-state index >= 15 is 0 Å². The lowest BCUT2D eigenvalue weighted by molar-refractivity contribution is -0.116. The van der Waals surface area contributed by atoms with Crippen LogP contribution in [0, 0.1) is 6.92 Å². The first-order chi connectivity index (χ1) is 9.67. The van der Waals surface area contributed by atoms with Gasteiger partial charge in [-0.05, 0) is 25.6 Å². The van der Waals surface area contributed by atoms with Crippen molar-refractivity contribution in [1.29, 1.82) is 0 Å². The van der Waals surface area contributed by atoms with Gasteiger partial charge in [-0.3, -0.25) is 4.79 Å². The van der Waals surface area contributed by atoms with Crippen LogP contribution in [0.5, 0.6) is 0 Å². The largest absolute Gasteiger partial charge is 0.326 e. The van der Waals surface area contributed by atoms with Crippen molar-refractivity contribution in [3.8, 4) is 0 Å². The van der Waals surface area contributed by atoms with E-state index < -0.39 is 0 Å². The van der Waals surface area contributed by atoms with Crippen LogP contribution in [0.4, 0.5) is 5.69 Å². The predicted molar refractivity (Wildman–Crippen MR) is 90.2 cm³/mol. The summed E-state index contributed by atoms with van der Waals surface area (Å²) < 4.78 is 0. The lowest BCUT2D eigenvalue weighted by Gasteiger charge is -2.33. The quantitative estimate of drug-likeness (QED) is 0.907. The number of nitrogens with zero attached hydrogens (tertiary/aromatic N) is 2. The van der Waals surface area contributed by atoms with E-state index in [1.165, 1.54) is 5.56 Å². The van der Waals surface area contributed by atoms with Gasteiger partial charge in [0.1, 0.15) is 0 Å². The van der Waals surface area contributed by atoms with Crippen molar-refractivity contribution in [2.45, 2.75) is 20.3 Å². The number of hydrogen-bond donors (Lipinski definition) is 1. The van der Waals surface area contributed by atoms with E-state index in [0.717, 1.165) is 45.0 Å². The Morgan fingerprint density at radius 3 is 2.24 bits per heavy atom. The first kappa shape index (κ1) is 18.0. The van der Waals surface area contributed by atoms with Gasteiger partial charge in [-0.15, -0.1) is 12.4 Å². The van der Waals surface area contributed by atoms with Crippen LogP contribution in [0.3, 0.4) is 0 Å². The molecule has 0 bridgehead atoms. The molecule has 0 atom stereocenters. The van der Waals surface area contributed by atoms with E-state index in [1.54, 1.807) is 0 Å². The van der Waals surface area contributed by atoms with Gasteiger partial charge in [0.25, 0.3) is 0 Å². The molecule has 0 saturated carbocycles. The van der Waals surface area contributed by atoms with Crippen LogP contribution in [0.1, 0.15) is 18.9 Å². The number of nitrogens with one attached hydrogen (secondary N) is 1. The van der Waals surface area contributed by atoms with Crippen molar-refractivity contribution in [3.05, 3.63) is 29.8 Å². The van der Waals surface area contributed by atoms with Crippen LogP contribution >= 0.6 is 12.4 Å². The van der Waals surface area contributed by atoms with Gasteiger partial charge in [0.2, 0.25) is 5.91 Å². The Hall–Kier alpha value is -1.10. The molecule has 1 aliphatic rings. The first-order valence-electron chi connectivity index (χ1n) is 7.48. The van der Waals surface area contributed by atoms with Crippen LogP contribution in [0.15, 0.2) is 24.3 Å². The number of aryl methyl sites for hydroxylation is 1. The molecule has 1 fully saturated rings. The molecule has 1 aromatic rings. The number of hydrogen-bond acceptors (Lipinski definition) is 3. The highest BCUT2D eigenvalue weighted by Gasteiger charge is 2.15. The fraction of sp³-hybridized carbons (Fsp3) is 0.562. The Balaban J connectivity index is 0.00000220. The molecule has 1 aromatic carbocycles. The molecule has 1 aliphatic heterocycles. The number of rotatable bonds is 5. The van der Waals surface area contributed by atoms with Gasteiger partial charge in [-0.2, -0.15) is 0 Å². The van der Waals surface area contributed by atoms with Crippen LogP contribution in [0.25, 0.3) is 0 Å². The second-order valence-corrected chi connectivity index (χ2v) is 5.44. The number of anilines is 1. The number of carbonyl (C=O) groups is 1. The fourth-order valence-electron chi connectivity index (χ4n) is 2.45. The van der Waals surface area contributed by atoms with Crippen molar-refractivity contribution in [2.75, 3.05) is 44.6 Å². The zero-order chi connectivity index (χ0) is 14.4. The maximum atomic E-state index is 11.9. The average Bonchev–Trinajstić information content (AvgIpc) is 2.48. The third-order valence-corrected chi connectivity index (χ3v) is 3.90. The molecule has 0 aliphatic carbocycles. The number of benzene rings is 1. The molecule has 5 heteroatoms. The van der Waals surface area contributed by atoms with Crippen LogP contribution in [0.2, 0.25) is 0 Å². The van der Waals surface area contributed by atoms with Crippen molar-refractivity contribution < 1.29 is 4.79 Å². The molecule has 0 radical (unpaired) electrons. The molecule has 1 amide bonds. The topological polar surface area (TPSA) is 35.6 Å². The minimum atomic E-state index is 0. The van der Waals surface area contributed by atoms with Gasteiger partial charge >= 0.3 is 0 Å². The molecule has 0 aromatic heterocycles. The maximum Gasteiger partial charge on any atom is 0.225 e. The highest BCUT2D eigenvalue weighted by Crippen LogP contribution is 2.09. The van der Waals surface area contributed by atoms with Gasteiger partial charge in [-0.25, -0.2) is 0 Å². The fourth-order valence-corrected chi connectivity index (χ4v) is 2.45. The third-order valence-electron chi connectivity index (χ3n) is 3.90. The molecule has 1 N–H and O–H groups in total. The molecule has 0 unspecified atom stereocenters. The summed E-state index contributed by atoms with van der Waals surface area (Å²) in [6, 6.07) is 7.93. The van der Waals surface area contributed by atoms with E-state index in [4.69, 9.17) is 0 Å². The summed E-state index contributed by atoms with van der Waals surface area (Å²) in [5.41, 5.74) is 2.09. The third kappa shape index (κ3) is 6.04. The van der Waals surface area contributed by atoms with E-state index in [2.05, 4.69) is 22.0 Å². The van der Waals surface area contributed by atoms with Crippen molar-refractivity contribution in [1.82, 2.24) is 9.80 Å². The monoisotopic (exact) mass is 311 g/mol. The molecular weight excluding hydrogens is 286 g/mol. The average molecular weight is 312 g/mol. The second kappa shape index (κ2) is 9.03. The number of likely N-dealkylation sites (N-methyl/N-ethyl adjacent to an activating group) is 1. The lowest BCUT2D eigenvalue weighted by atomic mass is 10.2. The van der Waals surface area contributed by atoms with Crippen molar-refractivity contribution >= 4 is 24.0 Å². The Bertz CT molecular complexity index is 428. The highest BCUT2D eigenvalue weighted by atomic mass is 35.5. The molecular formula is C16H26ClN3O. The first-order valence-corrected chi connectivity index (χ1v) is 7.48. The molecule has 21 heavy (non-hydrogen) atoms. The summed E-state index contributed by atoms with van der Waals surface area (Å²) in [6.45, 7) is 10.6. The standard InChI is InChI=1S/C16H25N3O.ClH/c1-3-18-10-12-19(13-11-18)9-8-16(20)17-15-6-4-14(2)5-7-15;/h4-7H,3,8-13H2,1-2H3,(H,17,20);1H. The summed E-state index contributed by atoms with van der Waals surface area (Å²) in [7, 11) is 0. The van der Waals surface area contributed by atoms with E-state index in [0.29, 0.717) is 6.42 Å². The van der Waals surface area contributed by atoms with Crippen LogP contribution in [-0.2, 0) is 4.79 Å². The molecule has 1 saturated heterocycles. The van der Waals surface area contributed by atoms with Gasteiger partial charge < -0.3 is 15.1 Å². The van der Waals surface area contributed by atoms with Gasteiger partial charge in [0.05, 0.1) is 0 Å². The normalized spacial score (nSPS) is 16.3. The Morgan fingerprint density at radius 2 is 1.67 bits per heavy atom. The predicted octanol–water partition coefficient (Wildman–Crippen LogP) is 2.38. The Kier molecular flexibility index (Phi) is 7.72. The number of amides is 1. The van der Waals surface area contributed by atoms with Gasteiger partial charge in [0.15, 0.2) is 0 Å². The minimum absolute atomic E-state index is 0. The smallest absolute Gasteiger partial charge is 0.225 e. The maximum absolute atomic E-state index is 11.9. The van der Waals surface area contributed by atoms with E-state index in [-0.39, 0.29) is 18.3 Å². The zero-order valence-electron chi connectivity index (χ0n) is 13.0. The minimum Gasteiger partial charge on any atom is -0.326 e. The Labute approximate surface area is 133 Å².